The van der Waals surface area contributed by atoms with Gasteiger partial charge in [-0.2, -0.15) is 0 Å². The van der Waals surface area contributed by atoms with Crippen LogP contribution in [0, 0.1) is 0 Å². The van der Waals surface area contributed by atoms with E-state index >= 15 is 0 Å². The number of nitrogens with zero attached hydrogens (tertiary/aromatic N) is 2. The molecule has 7 heteroatoms. The summed E-state index contributed by atoms with van der Waals surface area (Å²) in [5.74, 6) is 0. The van der Waals surface area contributed by atoms with E-state index in [1.165, 1.54) is 12.3 Å². The van der Waals surface area contributed by atoms with Crippen molar-refractivity contribution in [2.24, 2.45) is 5.73 Å². The molecule has 2 heterocycles. The van der Waals surface area contributed by atoms with Crippen LogP contribution in [0.15, 0.2) is 47.6 Å². The predicted molar refractivity (Wildman–Crippen MR) is 70.4 cm³/mol. The normalized spacial score (nSPS) is 11.4. The third-order valence-corrected chi connectivity index (χ3v) is 3.98. The topological polar surface area (TPSA) is 98.0 Å². The summed E-state index contributed by atoms with van der Waals surface area (Å²) in [7, 11) is -3.63. The molecule has 0 saturated carbocycles. The molecule has 0 aromatic carbocycles. The molecule has 0 aliphatic carbocycles. The Morgan fingerprint density at radius 1 is 1.11 bits per heavy atom. The first kappa shape index (κ1) is 13.6. The van der Waals surface area contributed by atoms with Gasteiger partial charge in [-0.3, -0.25) is 9.97 Å². The van der Waals surface area contributed by atoms with Gasteiger partial charge in [0.2, 0.25) is 10.0 Å². The Bertz CT molecular complexity index is 644. The minimum atomic E-state index is -3.63. The smallest absolute Gasteiger partial charge is 0.242 e. The molecular weight excluding hydrogens is 264 g/mol. The quantitative estimate of drug-likeness (QED) is 0.825. The summed E-state index contributed by atoms with van der Waals surface area (Å²) < 4.78 is 26.8. The zero-order valence-electron chi connectivity index (χ0n) is 10.2. The predicted octanol–water partition coefficient (Wildman–Crippen LogP) is 0.414. The minimum absolute atomic E-state index is 0.0701. The molecule has 0 amide bonds. The number of pyridine rings is 2. The second-order valence-corrected chi connectivity index (χ2v) is 5.53. The van der Waals surface area contributed by atoms with Crippen LogP contribution in [0.25, 0.3) is 0 Å². The maximum Gasteiger partial charge on any atom is 0.242 e. The van der Waals surface area contributed by atoms with Crippen LogP contribution in [0.4, 0.5) is 0 Å². The molecule has 0 saturated heterocycles. The molecule has 100 valence electrons. The third-order valence-electron chi connectivity index (χ3n) is 2.50. The summed E-state index contributed by atoms with van der Waals surface area (Å²) in [5.41, 5.74) is 6.47. The van der Waals surface area contributed by atoms with Gasteiger partial charge in [0.1, 0.15) is 4.90 Å². The molecule has 19 heavy (non-hydrogen) atoms. The fourth-order valence-corrected chi connectivity index (χ4v) is 2.77. The lowest BCUT2D eigenvalue weighted by atomic mass is 10.3. The maximum absolute atomic E-state index is 12.2. The van der Waals surface area contributed by atoms with Crippen LogP contribution in [-0.2, 0) is 23.1 Å². The number of nitrogens with two attached hydrogens (primary N) is 1. The summed E-state index contributed by atoms with van der Waals surface area (Å²) in [6.07, 6.45) is 3.12. The first-order valence-electron chi connectivity index (χ1n) is 5.67. The van der Waals surface area contributed by atoms with Crippen molar-refractivity contribution in [2.45, 2.75) is 18.0 Å². The fourth-order valence-electron chi connectivity index (χ4n) is 1.57. The SMILES string of the molecule is NCc1ncccc1S(=O)(=O)NCc1ccccn1. The van der Waals surface area contributed by atoms with E-state index in [0.29, 0.717) is 11.4 Å². The third kappa shape index (κ3) is 3.34. The van der Waals surface area contributed by atoms with Crippen molar-refractivity contribution < 1.29 is 8.42 Å². The van der Waals surface area contributed by atoms with Crippen LogP contribution in [0.1, 0.15) is 11.4 Å². The van der Waals surface area contributed by atoms with Crippen LogP contribution in [0.5, 0.6) is 0 Å². The minimum Gasteiger partial charge on any atom is -0.325 e. The molecule has 6 nitrogen and oxygen atoms in total. The maximum atomic E-state index is 12.2. The van der Waals surface area contributed by atoms with Crippen molar-refractivity contribution in [3.8, 4) is 0 Å². The molecule has 3 N–H and O–H groups in total. The van der Waals surface area contributed by atoms with Gasteiger partial charge < -0.3 is 5.73 Å². The number of nitrogens with one attached hydrogen (secondary N) is 1. The summed E-state index contributed by atoms with van der Waals surface area (Å²) in [4.78, 5) is 8.11. The zero-order chi connectivity index (χ0) is 13.7. The Labute approximate surface area is 111 Å². The Morgan fingerprint density at radius 2 is 1.89 bits per heavy atom. The number of aromatic nitrogens is 2. The largest absolute Gasteiger partial charge is 0.325 e. The highest BCUT2D eigenvalue weighted by atomic mass is 32.2. The van der Waals surface area contributed by atoms with Crippen molar-refractivity contribution in [3.63, 3.8) is 0 Å². The van der Waals surface area contributed by atoms with E-state index in [1.54, 1.807) is 30.5 Å². The van der Waals surface area contributed by atoms with Crippen molar-refractivity contribution in [1.82, 2.24) is 14.7 Å². The lowest BCUT2D eigenvalue weighted by molar-refractivity contribution is 0.578. The van der Waals surface area contributed by atoms with E-state index in [2.05, 4.69) is 14.7 Å². The van der Waals surface area contributed by atoms with E-state index in [9.17, 15) is 8.42 Å². The van der Waals surface area contributed by atoms with Gasteiger partial charge in [0, 0.05) is 18.9 Å². The lowest BCUT2D eigenvalue weighted by Gasteiger charge is -2.09. The van der Waals surface area contributed by atoms with Gasteiger partial charge in [-0.05, 0) is 24.3 Å². The van der Waals surface area contributed by atoms with Crippen LogP contribution in [0.2, 0.25) is 0 Å². The summed E-state index contributed by atoms with van der Waals surface area (Å²) in [5, 5.41) is 0. The number of hydrogen-bond acceptors (Lipinski definition) is 5. The molecular formula is C12H14N4O2S. The van der Waals surface area contributed by atoms with Crippen molar-refractivity contribution in [3.05, 3.63) is 54.1 Å². The molecule has 0 bridgehead atoms. The van der Waals surface area contributed by atoms with Crippen molar-refractivity contribution in [1.29, 1.82) is 0 Å². The summed E-state index contributed by atoms with van der Waals surface area (Å²) >= 11 is 0. The molecule has 0 fully saturated rings. The highest BCUT2D eigenvalue weighted by Gasteiger charge is 2.18. The van der Waals surface area contributed by atoms with Crippen LogP contribution in [-0.4, -0.2) is 18.4 Å². The van der Waals surface area contributed by atoms with Crippen molar-refractivity contribution >= 4 is 10.0 Å². The molecule has 0 aliphatic rings. The van der Waals surface area contributed by atoms with Gasteiger partial charge in [0.05, 0.1) is 17.9 Å². The average molecular weight is 278 g/mol. The van der Waals surface area contributed by atoms with Crippen LogP contribution < -0.4 is 10.5 Å². The first-order chi connectivity index (χ1) is 9.13. The monoisotopic (exact) mass is 278 g/mol. The molecule has 2 aromatic rings. The summed E-state index contributed by atoms with van der Waals surface area (Å²) in [6.45, 7) is 0.197. The molecule has 0 atom stereocenters. The fraction of sp³-hybridized carbons (Fsp3) is 0.167. The standard InChI is InChI=1S/C12H14N4O2S/c13-8-11-12(5-3-7-15-11)19(17,18)16-9-10-4-1-2-6-14-10/h1-7,16H,8-9,13H2. The molecule has 2 aromatic heterocycles. The van der Waals surface area contributed by atoms with Gasteiger partial charge >= 0.3 is 0 Å². The van der Waals surface area contributed by atoms with Crippen LogP contribution in [0.3, 0.4) is 0 Å². The van der Waals surface area contributed by atoms with Gasteiger partial charge in [0.25, 0.3) is 0 Å². The van der Waals surface area contributed by atoms with Gasteiger partial charge in [-0.25, -0.2) is 13.1 Å². The average Bonchev–Trinajstić information content (AvgIpc) is 2.46. The molecule has 0 unspecified atom stereocenters. The lowest BCUT2D eigenvalue weighted by Crippen LogP contribution is -2.25. The Kier molecular flexibility index (Phi) is 4.20. The zero-order valence-corrected chi connectivity index (χ0v) is 11.0. The van der Waals surface area contributed by atoms with Gasteiger partial charge in [0.15, 0.2) is 0 Å². The molecule has 0 aliphatic heterocycles. The van der Waals surface area contributed by atoms with Crippen LogP contribution >= 0.6 is 0 Å². The van der Waals surface area contributed by atoms with E-state index in [1.807, 2.05) is 0 Å². The van der Waals surface area contributed by atoms with E-state index < -0.39 is 10.0 Å². The number of rotatable bonds is 5. The number of sulfonamides is 1. The van der Waals surface area contributed by atoms with Gasteiger partial charge in [-0.1, -0.05) is 6.07 Å². The van der Waals surface area contributed by atoms with E-state index in [0.717, 1.165) is 0 Å². The Morgan fingerprint density at radius 3 is 2.58 bits per heavy atom. The molecule has 2 rings (SSSR count). The van der Waals surface area contributed by atoms with Crippen molar-refractivity contribution in [2.75, 3.05) is 0 Å². The summed E-state index contributed by atoms with van der Waals surface area (Å²) in [6, 6.07) is 8.36. The Hall–Kier alpha value is -1.83. The van der Waals surface area contributed by atoms with E-state index in [-0.39, 0.29) is 18.0 Å². The number of hydrogen-bond donors (Lipinski definition) is 2. The second kappa shape index (κ2) is 5.87. The highest BCUT2D eigenvalue weighted by molar-refractivity contribution is 7.89. The first-order valence-corrected chi connectivity index (χ1v) is 7.15. The Balaban J connectivity index is 2.19. The highest BCUT2D eigenvalue weighted by Crippen LogP contribution is 2.12. The molecule has 0 radical (unpaired) electrons. The second-order valence-electron chi connectivity index (χ2n) is 3.80. The van der Waals surface area contributed by atoms with Gasteiger partial charge in [-0.15, -0.1) is 0 Å². The van der Waals surface area contributed by atoms with E-state index in [4.69, 9.17) is 5.73 Å². The molecule has 0 spiro atoms.